The third-order valence-corrected chi connectivity index (χ3v) is 6.13. The molecule has 0 aliphatic carbocycles. The van der Waals surface area contributed by atoms with E-state index in [4.69, 9.17) is 17.5 Å². The summed E-state index contributed by atoms with van der Waals surface area (Å²) in [5.74, 6) is -0.250. The number of aromatic nitrogens is 2. The summed E-state index contributed by atoms with van der Waals surface area (Å²) in [6.45, 7) is 2.41. The first kappa shape index (κ1) is 27.7. The molecule has 0 spiro atoms. The highest BCUT2D eigenvalue weighted by Gasteiger charge is 2.33. The Hall–Kier alpha value is -3.91. The zero-order valence-electron chi connectivity index (χ0n) is 20.4. The number of benzene rings is 2. The largest absolute Gasteiger partial charge is 0.416 e. The van der Waals surface area contributed by atoms with Gasteiger partial charge in [0.2, 0.25) is 5.91 Å². The van der Waals surface area contributed by atoms with E-state index in [9.17, 15) is 18.0 Å². The molecule has 0 saturated heterocycles. The van der Waals surface area contributed by atoms with Crippen LogP contribution in [-0.2, 0) is 30.5 Å². The van der Waals surface area contributed by atoms with Crippen molar-refractivity contribution in [2.24, 2.45) is 0 Å². The van der Waals surface area contributed by atoms with Crippen molar-refractivity contribution in [3.63, 3.8) is 0 Å². The van der Waals surface area contributed by atoms with Gasteiger partial charge in [-0.25, -0.2) is 4.98 Å². The molecule has 1 atom stereocenters. The minimum atomic E-state index is -4.48. The zero-order valence-corrected chi connectivity index (χ0v) is 21.2. The highest BCUT2D eigenvalue weighted by atomic mass is 32.1. The van der Waals surface area contributed by atoms with Crippen LogP contribution in [0.3, 0.4) is 0 Å². The van der Waals surface area contributed by atoms with Crippen LogP contribution < -0.4 is 10.6 Å². The van der Waals surface area contributed by atoms with E-state index in [1.165, 1.54) is 12.1 Å². The molecule has 0 bridgehead atoms. The van der Waals surface area contributed by atoms with Crippen molar-refractivity contribution in [3.8, 4) is 6.07 Å². The molecule has 7 nitrogen and oxygen atoms in total. The molecule has 0 radical (unpaired) electrons. The molecule has 1 aromatic heterocycles. The average molecular weight is 529 g/mol. The van der Waals surface area contributed by atoms with E-state index in [1.54, 1.807) is 49.6 Å². The molecule has 1 heterocycles. The van der Waals surface area contributed by atoms with Crippen LogP contribution in [0.15, 0.2) is 61.1 Å². The summed E-state index contributed by atoms with van der Waals surface area (Å²) in [4.78, 5) is 18.5. The number of hydrogen-bond acceptors (Lipinski definition) is 4. The average Bonchev–Trinajstić information content (AvgIpc) is 3.29. The van der Waals surface area contributed by atoms with E-state index in [0.29, 0.717) is 17.8 Å². The number of alkyl halides is 3. The lowest BCUT2D eigenvalue weighted by Crippen LogP contribution is -2.47. The summed E-state index contributed by atoms with van der Waals surface area (Å²) in [5, 5.41) is 14.9. The minimum absolute atomic E-state index is 0.0626. The molecule has 0 saturated carbocycles. The lowest BCUT2D eigenvalue weighted by atomic mass is 10.1. The van der Waals surface area contributed by atoms with Gasteiger partial charge in [0.15, 0.2) is 5.11 Å². The molecule has 2 aromatic carbocycles. The van der Waals surface area contributed by atoms with Gasteiger partial charge in [0.1, 0.15) is 0 Å². The van der Waals surface area contributed by atoms with Crippen molar-refractivity contribution in [2.45, 2.75) is 38.7 Å². The minimum Gasteiger partial charge on any atom is -0.366 e. The van der Waals surface area contributed by atoms with Gasteiger partial charge in [-0.1, -0.05) is 30.3 Å². The molecule has 37 heavy (non-hydrogen) atoms. The number of nitrogens with zero attached hydrogens (tertiary/aromatic N) is 4. The number of nitriles is 1. The summed E-state index contributed by atoms with van der Waals surface area (Å²) in [7, 11) is 1.60. The topological polar surface area (TPSA) is 86.0 Å². The van der Waals surface area contributed by atoms with Crippen LogP contribution in [0.2, 0.25) is 0 Å². The van der Waals surface area contributed by atoms with Crippen LogP contribution in [0.5, 0.6) is 0 Å². The number of thiocarbonyl (C=S) groups is 1. The van der Waals surface area contributed by atoms with E-state index in [0.717, 1.165) is 11.6 Å². The summed E-state index contributed by atoms with van der Waals surface area (Å²) in [5.41, 5.74) is 1.61. The Labute approximate surface area is 218 Å². The van der Waals surface area contributed by atoms with E-state index >= 15 is 0 Å². The first-order valence-corrected chi connectivity index (χ1v) is 11.9. The van der Waals surface area contributed by atoms with E-state index in [2.05, 4.69) is 21.7 Å². The Morgan fingerprint density at radius 1 is 1.22 bits per heavy atom. The summed E-state index contributed by atoms with van der Waals surface area (Å²) < 4.78 is 42.2. The van der Waals surface area contributed by atoms with Crippen LogP contribution in [0.25, 0.3) is 0 Å². The van der Waals surface area contributed by atoms with Gasteiger partial charge in [-0.2, -0.15) is 18.4 Å². The number of carbonyl (C=O) groups excluding carboxylic acids is 1. The number of amides is 1. The monoisotopic (exact) mass is 528 g/mol. The van der Waals surface area contributed by atoms with Gasteiger partial charge in [0, 0.05) is 44.6 Å². The fraction of sp³-hybridized carbons (Fsp3) is 0.308. The van der Waals surface area contributed by atoms with Crippen molar-refractivity contribution < 1.29 is 18.0 Å². The molecule has 3 aromatic rings. The molecule has 2 N–H and O–H groups in total. The standard InChI is InChI=1S/C26H27F3N6OS/c1-18(14-34(25(37)31-2)16-21-5-3-4-6-23(21)26(27,28)29)33-24(36)11-22-13-32-17-35(22)15-20-9-7-19(12-30)8-10-20/h3-10,13,17-18H,11,14-16H2,1-2H3,(H,31,37)(H,33,36). The summed E-state index contributed by atoms with van der Waals surface area (Å²) in [6, 6.07) is 14.2. The molecule has 0 aliphatic heterocycles. The molecule has 1 unspecified atom stereocenters. The number of halogens is 3. The zero-order chi connectivity index (χ0) is 27.0. The van der Waals surface area contributed by atoms with Crippen molar-refractivity contribution in [3.05, 3.63) is 89.0 Å². The Morgan fingerprint density at radius 3 is 2.57 bits per heavy atom. The smallest absolute Gasteiger partial charge is 0.366 e. The van der Waals surface area contributed by atoms with Crippen LogP contribution in [-0.4, -0.2) is 45.1 Å². The van der Waals surface area contributed by atoms with Crippen molar-refractivity contribution in [1.82, 2.24) is 25.1 Å². The highest BCUT2D eigenvalue weighted by molar-refractivity contribution is 7.80. The molecule has 1 amide bonds. The lowest BCUT2D eigenvalue weighted by Gasteiger charge is -2.29. The fourth-order valence-electron chi connectivity index (χ4n) is 3.90. The fourth-order valence-corrected chi connectivity index (χ4v) is 4.04. The molecular weight excluding hydrogens is 501 g/mol. The second-order valence-corrected chi connectivity index (χ2v) is 8.94. The molecule has 11 heteroatoms. The maximum atomic E-state index is 13.5. The quantitative estimate of drug-likeness (QED) is 0.410. The van der Waals surface area contributed by atoms with Crippen molar-refractivity contribution in [2.75, 3.05) is 13.6 Å². The predicted molar refractivity (Wildman–Crippen MR) is 137 cm³/mol. The lowest BCUT2D eigenvalue weighted by molar-refractivity contribution is -0.138. The van der Waals surface area contributed by atoms with Gasteiger partial charge < -0.3 is 20.1 Å². The van der Waals surface area contributed by atoms with E-state index in [-0.39, 0.29) is 36.1 Å². The third-order valence-electron chi connectivity index (χ3n) is 5.66. The van der Waals surface area contributed by atoms with Gasteiger partial charge in [0.05, 0.1) is 29.9 Å². The SMILES string of the molecule is CNC(=S)N(Cc1ccccc1C(F)(F)F)CC(C)NC(=O)Cc1cncn1Cc1ccc(C#N)cc1. The van der Waals surface area contributed by atoms with E-state index in [1.807, 2.05) is 16.7 Å². The molecular formula is C26H27F3N6OS. The normalized spacial score (nSPS) is 11.9. The van der Waals surface area contributed by atoms with Crippen LogP contribution in [0, 0.1) is 11.3 Å². The Morgan fingerprint density at radius 2 is 1.92 bits per heavy atom. The van der Waals surface area contributed by atoms with Crippen LogP contribution >= 0.6 is 12.2 Å². The molecule has 0 aliphatic rings. The number of imidazole rings is 1. The summed E-state index contributed by atoms with van der Waals surface area (Å²) in [6.07, 6.45) is -1.15. The van der Waals surface area contributed by atoms with Gasteiger partial charge in [0.25, 0.3) is 0 Å². The number of rotatable bonds is 9. The van der Waals surface area contributed by atoms with Gasteiger partial charge in [-0.15, -0.1) is 0 Å². The Balaban J connectivity index is 1.63. The van der Waals surface area contributed by atoms with Gasteiger partial charge in [-0.05, 0) is 48.5 Å². The maximum Gasteiger partial charge on any atom is 0.416 e. The molecule has 3 rings (SSSR count). The third kappa shape index (κ3) is 7.79. The first-order chi connectivity index (χ1) is 17.6. The predicted octanol–water partition coefficient (Wildman–Crippen LogP) is 3.88. The van der Waals surface area contributed by atoms with Gasteiger partial charge in [-0.3, -0.25) is 4.79 Å². The van der Waals surface area contributed by atoms with Gasteiger partial charge >= 0.3 is 6.18 Å². The first-order valence-electron chi connectivity index (χ1n) is 11.5. The maximum absolute atomic E-state index is 13.5. The Kier molecular flexibility index (Phi) is 9.25. The van der Waals surface area contributed by atoms with Crippen molar-refractivity contribution in [1.29, 1.82) is 5.26 Å². The van der Waals surface area contributed by atoms with Crippen molar-refractivity contribution >= 4 is 23.2 Å². The second kappa shape index (κ2) is 12.4. The second-order valence-electron chi connectivity index (χ2n) is 8.56. The number of hydrogen-bond donors (Lipinski definition) is 2. The summed E-state index contributed by atoms with van der Waals surface area (Å²) >= 11 is 5.32. The van der Waals surface area contributed by atoms with Crippen LogP contribution in [0.1, 0.15) is 34.9 Å². The number of nitrogens with one attached hydrogen (secondary N) is 2. The Bertz CT molecular complexity index is 1270. The highest BCUT2D eigenvalue weighted by Crippen LogP contribution is 2.32. The van der Waals surface area contributed by atoms with E-state index < -0.39 is 17.8 Å². The molecule has 194 valence electrons. The molecule has 0 fully saturated rings. The van der Waals surface area contributed by atoms with Crippen LogP contribution in [0.4, 0.5) is 13.2 Å². The number of carbonyl (C=O) groups is 1.